The highest BCUT2D eigenvalue weighted by Gasteiger charge is 2.26. The van der Waals surface area contributed by atoms with E-state index >= 15 is 0 Å². The number of hydrogen-bond acceptors (Lipinski definition) is 6. The monoisotopic (exact) mass is 389 g/mol. The first-order valence-corrected chi connectivity index (χ1v) is 9.34. The number of likely N-dealkylation sites (N-methyl/N-ethyl adjacent to an activating group) is 1. The maximum absolute atomic E-state index is 12.9. The summed E-state index contributed by atoms with van der Waals surface area (Å²) in [4.78, 5) is 24.9. The third-order valence-electron chi connectivity index (χ3n) is 4.47. The van der Waals surface area contributed by atoms with Gasteiger partial charge in [-0.15, -0.1) is 0 Å². The molecule has 0 saturated heterocycles. The standard InChI is InChI=1S/C19H24ClN5O2/c1-21-6-3-9-27-17-5-4-14(10-16(17)20)12-25-8-7-24(2)18-15(19(25)26)11-22-13-23-18/h4-5,10-11,13,21H,3,6-9,12H2,1-2H3. The minimum Gasteiger partial charge on any atom is -0.492 e. The average molecular weight is 390 g/mol. The zero-order valence-electron chi connectivity index (χ0n) is 15.6. The Morgan fingerprint density at radius 3 is 2.96 bits per heavy atom. The summed E-state index contributed by atoms with van der Waals surface area (Å²) in [5, 5.41) is 3.64. The van der Waals surface area contributed by atoms with Crippen molar-refractivity contribution in [3.05, 3.63) is 46.9 Å². The number of rotatable bonds is 7. The smallest absolute Gasteiger partial charge is 0.259 e. The molecule has 0 bridgehead atoms. The van der Waals surface area contributed by atoms with Gasteiger partial charge in [0.05, 0.1) is 11.6 Å². The second-order valence-electron chi connectivity index (χ2n) is 6.48. The van der Waals surface area contributed by atoms with Crippen LogP contribution in [0.25, 0.3) is 0 Å². The Labute approximate surface area is 164 Å². The molecule has 0 atom stereocenters. The molecule has 2 aromatic rings. The topological polar surface area (TPSA) is 70.6 Å². The van der Waals surface area contributed by atoms with Crippen LogP contribution in [-0.2, 0) is 6.54 Å². The summed E-state index contributed by atoms with van der Waals surface area (Å²) in [6.45, 7) is 3.28. The quantitative estimate of drug-likeness (QED) is 0.732. The number of ether oxygens (including phenoxy) is 1. The lowest BCUT2D eigenvalue weighted by atomic mass is 10.2. The molecular formula is C19H24ClN5O2. The number of nitrogens with one attached hydrogen (secondary N) is 1. The lowest BCUT2D eigenvalue weighted by Gasteiger charge is -2.21. The van der Waals surface area contributed by atoms with E-state index in [-0.39, 0.29) is 5.91 Å². The van der Waals surface area contributed by atoms with Gasteiger partial charge in [0.2, 0.25) is 0 Å². The summed E-state index contributed by atoms with van der Waals surface area (Å²) < 4.78 is 5.71. The van der Waals surface area contributed by atoms with Crippen molar-refractivity contribution in [2.75, 3.05) is 45.2 Å². The van der Waals surface area contributed by atoms with E-state index in [9.17, 15) is 4.79 Å². The van der Waals surface area contributed by atoms with Gasteiger partial charge in [-0.05, 0) is 37.7 Å². The van der Waals surface area contributed by atoms with Crippen molar-refractivity contribution in [1.29, 1.82) is 0 Å². The van der Waals surface area contributed by atoms with Crippen LogP contribution in [0, 0.1) is 0 Å². The summed E-state index contributed by atoms with van der Waals surface area (Å²) in [5.41, 5.74) is 1.48. The first kappa shape index (κ1) is 19.4. The molecule has 144 valence electrons. The molecule has 3 rings (SSSR count). The Morgan fingerprint density at radius 2 is 2.19 bits per heavy atom. The Hall–Kier alpha value is -2.38. The second kappa shape index (κ2) is 9.01. The van der Waals surface area contributed by atoms with E-state index in [4.69, 9.17) is 16.3 Å². The van der Waals surface area contributed by atoms with Gasteiger partial charge in [0, 0.05) is 32.9 Å². The van der Waals surface area contributed by atoms with Gasteiger partial charge < -0.3 is 19.9 Å². The maximum Gasteiger partial charge on any atom is 0.259 e. The highest BCUT2D eigenvalue weighted by molar-refractivity contribution is 6.32. The number of nitrogens with zero attached hydrogens (tertiary/aromatic N) is 4. The van der Waals surface area contributed by atoms with Gasteiger partial charge in [-0.1, -0.05) is 17.7 Å². The van der Waals surface area contributed by atoms with Crippen molar-refractivity contribution in [1.82, 2.24) is 20.2 Å². The predicted octanol–water partition coefficient (Wildman–Crippen LogP) is 2.21. The van der Waals surface area contributed by atoms with Crippen LogP contribution >= 0.6 is 11.6 Å². The van der Waals surface area contributed by atoms with E-state index in [1.54, 1.807) is 11.1 Å². The predicted molar refractivity (Wildman–Crippen MR) is 106 cm³/mol. The van der Waals surface area contributed by atoms with Gasteiger partial charge in [0.1, 0.15) is 23.5 Å². The molecule has 0 aliphatic carbocycles. The number of carbonyl (C=O) groups excluding carboxylic acids is 1. The van der Waals surface area contributed by atoms with E-state index in [0.717, 1.165) is 18.5 Å². The SMILES string of the molecule is CNCCCOc1ccc(CN2CCN(C)c3ncncc3C2=O)cc1Cl. The molecule has 1 aromatic carbocycles. The van der Waals surface area contributed by atoms with Gasteiger partial charge in [-0.25, -0.2) is 9.97 Å². The molecule has 2 heterocycles. The minimum absolute atomic E-state index is 0.0709. The molecule has 0 unspecified atom stereocenters. The van der Waals surface area contributed by atoms with E-state index in [1.807, 2.05) is 37.2 Å². The molecule has 0 fully saturated rings. The van der Waals surface area contributed by atoms with Crippen molar-refractivity contribution in [2.24, 2.45) is 0 Å². The first-order valence-electron chi connectivity index (χ1n) is 8.96. The minimum atomic E-state index is -0.0709. The molecule has 0 radical (unpaired) electrons. The van der Waals surface area contributed by atoms with Gasteiger partial charge >= 0.3 is 0 Å². The highest BCUT2D eigenvalue weighted by atomic mass is 35.5. The van der Waals surface area contributed by atoms with Gasteiger partial charge in [0.15, 0.2) is 0 Å². The summed E-state index contributed by atoms with van der Waals surface area (Å²) in [6, 6.07) is 5.67. The summed E-state index contributed by atoms with van der Waals surface area (Å²) in [5.74, 6) is 1.26. The number of hydrogen-bond donors (Lipinski definition) is 1. The van der Waals surface area contributed by atoms with E-state index in [0.29, 0.717) is 48.4 Å². The molecule has 1 amide bonds. The normalized spacial score (nSPS) is 14.1. The van der Waals surface area contributed by atoms with Crippen LogP contribution in [-0.4, -0.2) is 61.1 Å². The highest BCUT2D eigenvalue weighted by Crippen LogP contribution is 2.27. The molecule has 8 heteroatoms. The van der Waals surface area contributed by atoms with Crippen molar-refractivity contribution in [3.63, 3.8) is 0 Å². The number of amides is 1. The number of carbonyl (C=O) groups is 1. The molecule has 27 heavy (non-hydrogen) atoms. The average Bonchev–Trinajstić information content (AvgIpc) is 2.79. The molecule has 0 saturated carbocycles. The van der Waals surface area contributed by atoms with Crippen LogP contribution in [0.15, 0.2) is 30.7 Å². The number of benzene rings is 1. The fraction of sp³-hybridized carbons (Fsp3) is 0.421. The second-order valence-corrected chi connectivity index (χ2v) is 6.89. The molecule has 0 spiro atoms. The van der Waals surface area contributed by atoms with Crippen LogP contribution < -0.4 is 15.0 Å². The molecule has 1 N–H and O–H groups in total. The maximum atomic E-state index is 12.9. The molecule has 7 nitrogen and oxygen atoms in total. The molecule has 1 aliphatic heterocycles. The largest absolute Gasteiger partial charge is 0.492 e. The first-order chi connectivity index (χ1) is 13.1. The fourth-order valence-electron chi connectivity index (χ4n) is 2.99. The molecular weight excluding hydrogens is 366 g/mol. The van der Waals surface area contributed by atoms with E-state index in [2.05, 4.69) is 15.3 Å². The van der Waals surface area contributed by atoms with Crippen LogP contribution in [0.1, 0.15) is 22.3 Å². The van der Waals surface area contributed by atoms with Crippen molar-refractivity contribution >= 4 is 23.3 Å². The summed E-state index contributed by atoms with van der Waals surface area (Å²) in [7, 11) is 3.84. The van der Waals surface area contributed by atoms with Crippen molar-refractivity contribution < 1.29 is 9.53 Å². The number of halogens is 1. The Morgan fingerprint density at radius 1 is 1.33 bits per heavy atom. The lowest BCUT2D eigenvalue weighted by Crippen LogP contribution is -2.33. The number of anilines is 1. The summed E-state index contributed by atoms with van der Waals surface area (Å²) >= 11 is 6.36. The fourth-order valence-corrected chi connectivity index (χ4v) is 3.25. The van der Waals surface area contributed by atoms with Crippen LogP contribution in [0.4, 0.5) is 5.82 Å². The van der Waals surface area contributed by atoms with Gasteiger partial charge in [-0.2, -0.15) is 0 Å². The van der Waals surface area contributed by atoms with Crippen molar-refractivity contribution in [3.8, 4) is 5.75 Å². The number of fused-ring (bicyclic) bond motifs is 1. The van der Waals surface area contributed by atoms with Crippen LogP contribution in [0.2, 0.25) is 5.02 Å². The molecule has 1 aliphatic rings. The summed E-state index contributed by atoms with van der Waals surface area (Å²) in [6.07, 6.45) is 3.95. The Bertz CT molecular complexity index is 801. The van der Waals surface area contributed by atoms with Gasteiger partial charge in [0.25, 0.3) is 5.91 Å². The molecule has 1 aromatic heterocycles. The lowest BCUT2D eigenvalue weighted by molar-refractivity contribution is 0.0754. The Kier molecular flexibility index (Phi) is 6.47. The van der Waals surface area contributed by atoms with E-state index in [1.165, 1.54) is 6.33 Å². The third kappa shape index (κ3) is 4.67. The van der Waals surface area contributed by atoms with Crippen molar-refractivity contribution in [2.45, 2.75) is 13.0 Å². The van der Waals surface area contributed by atoms with E-state index < -0.39 is 0 Å². The third-order valence-corrected chi connectivity index (χ3v) is 4.77. The van der Waals surface area contributed by atoms with Gasteiger partial charge in [-0.3, -0.25) is 4.79 Å². The zero-order chi connectivity index (χ0) is 19.2. The van der Waals surface area contributed by atoms with Crippen LogP contribution in [0.3, 0.4) is 0 Å². The zero-order valence-corrected chi connectivity index (χ0v) is 16.4. The Balaban J connectivity index is 1.70. The van der Waals surface area contributed by atoms with Crippen LogP contribution in [0.5, 0.6) is 5.75 Å². The number of aromatic nitrogens is 2.